The Hall–Kier alpha value is -1.95. The summed E-state index contributed by atoms with van der Waals surface area (Å²) >= 11 is 5.87. The number of aromatic nitrogens is 4. The van der Waals surface area contributed by atoms with Gasteiger partial charge in [0, 0.05) is 13.0 Å². The summed E-state index contributed by atoms with van der Waals surface area (Å²) in [6, 6.07) is 4.43. The maximum absolute atomic E-state index is 13.2. The molecule has 5 nitrogen and oxygen atoms in total. The molecule has 98 valence electrons. The molecule has 0 spiro atoms. The first-order valence-electron chi connectivity index (χ1n) is 5.67. The van der Waals surface area contributed by atoms with E-state index in [9.17, 15) is 4.39 Å². The Morgan fingerprint density at radius 1 is 1.37 bits per heavy atom. The van der Waals surface area contributed by atoms with Crippen molar-refractivity contribution < 1.29 is 8.91 Å². The first-order chi connectivity index (χ1) is 9.17. The second-order valence-electron chi connectivity index (χ2n) is 4.11. The van der Waals surface area contributed by atoms with Crippen molar-refractivity contribution in [3.8, 4) is 0 Å². The number of halogens is 2. The van der Waals surface area contributed by atoms with Gasteiger partial charge in [-0.1, -0.05) is 5.16 Å². The second kappa shape index (κ2) is 4.62. The van der Waals surface area contributed by atoms with Crippen molar-refractivity contribution in [2.45, 2.75) is 19.3 Å². The Balaban J connectivity index is 2.10. The fraction of sp³-hybridized carbons (Fsp3) is 0.250. The molecule has 0 fully saturated rings. The van der Waals surface area contributed by atoms with Crippen LogP contribution < -0.4 is 0 Å². The van der Waals surface area contributed by atoms with E-state index in [-0.39, 0.29) is 11.7 Å². The summed E-state index contributed by atoms with van der Waals surface area (Å²) in [4.78, 5) is 8.44. The minimum Gasteiger partial charge on any atom is -0.340 e. The van der Waals surface area contributed by atoms with Crippen molar-refractivity contribution in [1.29, 1.82) is 0 Å². The molecule has 0 aliphatic rings. The molecular formula is C12H10ClFN4O. The first-order valence-corrected chi connectivity index (χ1v) is 6.20. The van der Waals surface area contributed by atoms with E-state index in [1.54, 1.807) is 13.0 Å². The fourth-order valence-electron chi connectivity index (χ4n) is 1.98. The van der Waals surface area contributed by atoms with Gasteiger partial charge in [0.1, 0.15) is 11.6 Å². The Morgan fingerprint density at radius 2 is 2.21 bits per heavy atom. The molecule has 0 atom stereocenters. The summed E-state index contributed by atoms with van der Waals surface area (Å²) < 4.78 is 20.0. The summed E-state index contributed by atoms with van der Waals surface area (Å²) in [5.74, 6) is 1.58. The summed E-state index contributed by atoms with van der Waals surface area (Å²) in [6.07, 6.45) is 0. The van der Waals surface area contributed by atoms with Gasteiger partial charge >= 0.3 is 0 Å². The molecule has 7 heteroatoms. The number of rotatable bonds is 3. The van der Waals surface area contributed by atoms with Gasteiger partial charge in [0.15, 0.2) is 5.82 Å². The quantitative estimate of drug-likeness (QED) is 0.692. The molecule has 3 aromatic rings. The highest BCUT2D eigenvalue weighted by Crippen LogP contribution is 2.19. The van der Waals surface area contributed by atoms with E-state index in [1.807, 2.05) is 4.57 Å². The number of hydrogen-bond acceptors (Lipinski definition) is 4. The van der Waals surface area contributed by atoms with Gasteiger partial charge in [-0.15, -0.1) is 11.6 Å². The third-order valence-corrected chi connectivity index (χ3v) is 3.02. The Kier molecular flexibility index (Phi) is 2.94. The van der Waals surface area contributed by atoms with Gasteiger partial charge in [-0.25, -0.2) is 9.37 Å². The zero-order chi connectivity index (χ0) is 13.4. The minimum absolute atomic E-state index is 0.229. The average Bonchev–Trinajstić information content (AvgIpc) is 2.94. The number of nitrogens with zero attached hydrogens (tertiary/aromatic N) is 4. The Labute approximate surface area is 113 Å². The first kappa shape index (κ1) is 12.1. The third-order valence-electron chi connectivity index (χ3n) is 2.78. The SMILES string of the molecule is Cc1nc(Cn2c(CCl)nc3cc(F)ccc32)no1. The summed E-state index contributed by atoms with van der Waals surface area (Å²) in [5.41, 5.74) is 1.36. The Morgan fingerprint density at radius 3 is 2.89 bits per heavy atom. The van der Waals surface area contributed by atoms with Crippen LogP contribution in [0.4, 0.5) is 4.39 Å². The molecule has 0 amide bonds. The topological polar surface area (TPSA) is 56.7 Å². The minimum atomic E-state index is -0.325. The maximum Gasteiger partial charge on any atom is 0.223 e. The largest absolute Gasteiger partial charge is 0.340 e. The van der Waals surface area contributed by atoms with Crippen LogP contribution in [-0.2, 0) is 12.4 Å². The zero-order valence-corrected chi connectivity index (χ0v) is 10.9. The van der Waals surface area contributed by atoms with E-state index in [0.717, 1.165) is 5.52 Å². The van der Waals surface area contributed by atoms with E-state index in [0.29, 0.717) is 29.6 Å². The number of hydrogen-bond donors (Lipinski definition) is 0. The van der Waals surface area contributed by atoms with Crippen molar-refractivity contribution in [1.82, 2.24) is 19.7 Å². The molecule has 2 heterocycles. The molecule has 19 heavy (non-hydrogen) atoms. The van der Waals surface area contributed by atoms with Crippen molar-refractivity contribution in [3.63, 3.8) is 0 Å². The molecule has 0 aliphatic heterocycles. The highest BCUT2D eigenvalue weighted by Gasteiger charge is 2.13. The van der Waals surface area contributed by atoms with Crippen molar-refractivity contribution in [2.24, 2.45) is 0 Å². The summed E-state index contributed by atoms with van der Waals surface area (Å²) in [5, 5.41) is 3.84. The van der Waals surface area contributed by atoms with Crippen LogP contribution in [-0.4, -0.2) is 19.7 Å². The standard InChI is InChI=1S/C12H10ClFN4O/c1-7-15-11(17-19-7)6-18-10-3-2-8(14)4-9(10)16-12(18)5-13/h2-4H,5-6H2,1H3. The lowest BCUT2D eigenvalue weighted by molar-refractivity contribution is 0.386. The molecule has 3 rings (SSSR count). The van der Waals surface area contributed by atoms with Gasteiger partial charge in [-0.2, -0.15) is 4.98 Å². The number of alkyl halides is 1. The molecule has 0 bridgehead atoms. The number of benzene rings is 1. The summed E-state index contributed by atoms with van der Waals surface area (Å²) in [7, 11) is 0. The zero-order valence-electron chi connectivity index (χ0n) is 10.1. The van der Waals surface area contributed by atoms with E-state index in [1.165, 1.54) is 12.1 Å². The average molecular weight is 281 g/mol. The van der Waals surface area contributed by atoms with Crippen LogP contribution in [0.5, 0.6) is 0 Å². The lowest BCUT2D eigenvalue weighted by atomic mass is 10.3. The van der Waals surface area contributed by atoms with E-state index < -0.39 is 0 Å². The molecular weight excluding hydrogens is 271 g/mol. The van der Waals surface area contributed by atoms with Gasteiger partial charge < -0.3 is 9.09 Å². The highest BCUT2D eigenvalue weighted by atomic mass is 35.5. The van der Waals surface area contributed by atoms with Crippen molar-refractivity contribution >= 4 is 22.6 Å². The molecule has 0 saturated heterocycles. The van der Waals surface area contributed by atoms with Crippen LogP contribution in [0.3, 0.4) is 0 Å². The highest BCUT2D eigenvalue weighted by molar-refractivity contribution is 6.16. The molecule has 1 aromatic carbocycles. The molecule has 0 radical (unpaired) electrons. The fourth-order valence-corrected chi connectivity index (χ4v) is 2.18. The number of aryl methyl sites for hydroxylation is 1. The predicted molar refractivity (Wildman–Crippen MR) is 67.4 cm³/mol. The van der Waals surface area contributed by atoms with Crippen LogP contribution >= 0.6 is 11.6 Å². The van der Waals surface area contributed by atoms with E-state index >= 15 is 0 Å². The molecule has 2 aromatic heterocycles. The van der Waals surface area contributed by atoms with Crippen LogP contribution in [0.15, 0.2) is 22.7 Å². The van der Waals surface area contributed by atoms with Gasteiger partial charge in [0.25, 0.3) is 0 Å². The molecule has 0 N–H and O–H groups in total. The normalized spacial score (nSPS) is 11.3. The Bertz CT molecular complexity index is 736. The lowest BCUT2D eigenvalue weighted by Gasteiger charge is -2.03. The smallest absolute Gasteiger partial charge is 0.223 e. The second-order valence-corrected chi connectivity index (χ2v) is 4.38. The molecule has 0 aliphatic carbocycles. The molecule has 0 unspecified atom stereocenters. The monoisotopic (exact) mass is 280 g/mol. The summed E-state index contributed by atoms with van der Waals surface area (Å²) in [6.45, 7) is 2.11. The van der Waals surface area contributed by atoms with Gasteiger partial charge in [0.2, 0.25) is 5.89 Å². The van der Waals surface area contributed by atoms with E-state index in [2.05, 4.69) is 15.1 Å². The van der Waals surface area contributed by atoms with Gasteiger partial charge in [-0.3, -0.25) is 0 Å². The third kappa shape index (κ3) is 2.19. The van der Waals surface area contributed by atoms with Crippen LogP contribution in [0.25, 0.3) is 11.0 Å². The van der Waals surface area contributed by atoms with Gasteiger partial charge in [-0.05, 0) is 12.1 Å². The lowest BCUT2D eigenvalue weighted by Crippen LogP contribution is -2.05. The number of fused-ring (bicyclic) bond motifs is 1. The van der Waals surface area contributed by atoms with Crippen LogP contribution in [0, 0.1) is 12.7 Å². The molecule has 0 saturated carbocycles. The van der Waals surface area contributed by atoms with E-state index in [4.69, 9.17) is 16.1 Å². The van der Waals surface area contributed by atoms with Crippen LogP contribution in [0.2, 0.25) is 0 Å². The number of imidazole rings is 1. The van der Waals surface area contributed by atoms with Crippen molar-refractivity contribution in [2.75, 3.05) is 0 Å². The maximum atomic E-state index is 13.2. The predicted octanol–water partition coefficient (Wildman–Crippen LogP) is 2.65. The van der Waals surface area contributed by atoms with Crippen LogP contribution in [0.1, 0.15) is 17.5 Å². The van der Waals surface area contributed by atoms with Crippen molar-refractivity contribution in [3.05, 3.63) is 41.6 Å². The van der Waals surface area contributed by atoms with Gasteiger partial charge in [0.05, 0.1) is 23.5 Å².